The topological polar surface area (TPSA) is 93.5 Å². The van der Waals surface area contributed by atoms with E-state index in [9.17, 15) is 13.0 Å². The van der Waals surface area contributed by atoms with Gasteiger partial charge in [-0.05, 0) is 0 Å². The molecule has 0 amide bonds. The minimum atomic E-state index is -4.15. The van der Waals surface area contributed by atoms with Gasteiger partial charge >= 0.3 is 18.0 Å². The standard InChI is InChI=1S/C7H6NO5PS/c8-7(6-4-2-1-3-5-6)14(9)12-15(10,11)13-14/h1-5,8H. The molecule has 1 fully saturated rings. The van der Waals surface area contributed by atoms with Gasteiger partial charge in [0, 0.05) is 5.56 Å². The monoisotopic (exact) mass is 247 g/mol. The highest BCUT2D eigenvalue weighted by atomic mass is 32.3. The van der Waals surface area contributed by atoms with E-state index in [-0.39, 0.29) is 0 Å². The molecule has 0 aliphatic carbocycles. The van der Waals surface area contributed by atoms with Crippen LogP contribution in [0.25, 0.3) is 0 Å². The Bertz CT molecular complexity index is 536. The van der Waals surface area contributed by atoms with Gasteiger partial charge in [0.25, 0.3) is 0 Å². The zero-order valence-corrected chi connectivity index (χ0v) is 8.99. The molecule has 1 aliphatic rings. The molecule has 80 valence electrons. The molecule has 0 radical (unpaired) electrons. The molecule has 8 heteroatoms. The van der Waals surface area contributed by atoms with Crippen LogP contribution in [0.2, 0.25) is 0 Å². The van der Waals surface area contributed by atoms with Gasteiger partial charge in [0.1, 0.15) is 0 Å². The molecule has 0 aromatic heterocycles. The Morgan fingerprint density at radius 1 is 1.20 bits per heavy atom. The first-order valence-electron chi connectivity index (χ1n) is 3.85. The van der Waals surface area contributed by atoms with Crippen molar-refractivity contribution in [3.63, 3.8) is 0 Å². The summed E-state index contributed by atoms with van der Waals surface area (Å²) in [5, 5.41) is 7.48. The third-order valence-corrected chi connectivity index (χ3v) is 5.54. The maximum absolute atomic E-state index is 11.5. The van der Waals surface area contributed by atoms with E-state index < -0.39 is 23.4 Å². The number of nitrogens with one attached hydrogen (secondary N) is 1. The molecule has 1 aliphatic heterocycles. The Kier molecular flexibility index (Phi) is 2.27. The summed E-state index contributed by atoms with van der Waals surface area (Å²) in [5.41, 5.74) is -0.159. The van der Waals surface area contributed by atoms with E-state index in [0.29, 0.717) is 5.56 Å². The predicted octanol–water partition coefficient (Wildman–Crippen LogP) is 1.50. The Balaban J connectivity index is 2.29. The highest BCUT2D eigenvalue weighted by Gasteiger charge is 2.52. The van der Waals surface area contributed by atoms with Crippen molar-refractivity contribution in [3.8, 4) is 0 Å². The Morgan fingerprint density at radius 3 is 2.20 bits per heavy atom. The second kappa shape index (κ2) is 3.24. The zero-order valence-electron chi connectivity index (χ0n) is 7.28. The average molecular weight is 247 g/mol. The van der Waals surface area contributed by atoms with Gasteiger partial charge in [-0.2, -0.15) is 16.4 Å². The fraction of sp³-hybridized carbons (Fsp3) is 0. The van der Waals surface area contributed by atoms with E-state index in [1.165, 1.54) is 12.1 Å². The minimum Gasteiger partial charge on any atom is -0.293 e. The fourth-order valence-electron chi connectivity index (χ4n) is 1.07. The first kappa shape index (κ1) is 10.5. The van der Waals surface area contributed by atoms with Crippen LogP contribution in [0.15, 0.2) is 30.3 Å². The van der Waals surface area contributed by atoms with E-state index in [0.717, 1.165) is 0 Å². The van der Waals surface area contributed by atoms with Gasteiger partial charge in [0.2, 0.25) is 0 Å². The molecule has 1 aromatic carbocycles. The number of hydrogen-bond acceptors (Lipinski definition) is 6. The fourth-order valence-corrected chi connectivity index (χ4v) is 4.10. The van der Waals surface area contributed by atoms with Crippen molar-refractivity contribution in [1.29, 1.82) is 5.41 Å². The van der Waals surface area contributed by atoms with Crippen molar-refractivity contribution in [2.24, 2.45) is 0 Å². The first-order valence-corrected chi connectivity index (χ1v) is 6.72. The van der Waals surface area contributed by atoms with Crippen LogP contribution < -0.4 is 0 Å². The summed E-state index contributed by atoms with van der Waals surface area (Å²) in [7, 11) is -8.08. The molecule has 6 nitrogen and oxygen atoms in total. The third kappa shape index (κ3) is 1.87. The van der Waals surface area contributed by atoms with Crippen LogP contribution in [-0.2, 0) is 22.9 Å². The molecule has 2 rings (SSSR count). The number of rotatable bonds is 2. The first-order chi connectivity index (χ1) is 6.93. The normalized spacial score (nSPS) is 21.6. The smallest absolute Gasteiger partial charge is 0.293 e. The SMILES string of the molecule is N=C(c1ccccc1)P1(=O)OS(=O)(=O)O1. The summed E-state index contributed by atoms with van der Waals surface area (Å²) in [6, 6.07) is 8.00. The van der Waals surface area contributed by atoms with Crippen LogP contribution in [0.1, 0.15) is 5.56 Å². The zero-order chi connectivity index (χ0) is 11.1. The van der Waals surface area contributed by atoms with Crippen LogP contribution >= 0.6 is 7.60 Å². The van der Waals surface area contributed by atoms with Gasteiger partial charge in [0.05, 0.1) is 0 Å². The molecule has 0 atom stereocenters. The van der Waals surface area contributed by atoms with Gasteiger partial charge in [-0.25, -0.2) is 0 Å². The largest absolute Gasteiger partial charge is 0.415 e. The number of hydrogen-bond donors (Lipinski definition) is 1. The second-order valence-corrected chi connectivity index (χ2v) is 6.22. The molecular weight excluding hydrogens is 241 g/mol. The lowest BCUT2D eigenvalue weighted by atomic mass is 10.2. The predicted molar refractivity (Wildman–Crippen MR) is 52.0 cm³/mol. The molecule has 1 heterocycles. The van der Waals surface area contributed by atoms with E-state index in [4.69, 9.17) is 5.41 Å². The summed E-state index contributed by atoms with van der Waals surface area (Å²) in [5.74, 6) is 0. The maximum Gasteiger partial charge on any atom is 0.415 e. The highest BCUT2D eigenvalue weighted by molar-refractivity contribution is 8.02. The van der Waals surface area contributed by atoms with Gasteiger partial charge in [-0.15, -0.1) is 0 Å². The van der Waals surface area contributed by atoms with E-state index >= 15 is 0 Å². The van der Waals surface area contributed by atoms with Crippen molar-refractivity contribution in [2.75, 3.05) is 0 Å². The second-order valence-electron chi connectivity index (χ2n) is 2.77. The quantitative estimate of drug-likeness (QED) is 0.631. The van der Waals surface area contributed by atoms with E-state index in [2.05, 4.69) is 7.94 Å². The molecule has 0 saturated carbocycles. The molecule has 15 heavy (non-hydrogen) atoms. The summed E-state index contributed by atoms with van der Waals surface area (Å²) in [4.78, 5) is 0. The lowest BCUT2D eigenvalue weighted by Gasteiger charge is -2.24. The van der Waals surface area contributed by atoms with Gasteiger partial charge in [-0.3, -0.25) is 9.97 Å². The summed E-state index contributed by atoms with van der Waals surface area (Å²) in [6.45, 7) is 0. The summed E-state index contributed by atoms with van der Waals surface area (Å²) < 4.78 is 40.8. The summed E-state index contributed by atoms with van der Waals surface area (Å²) >= 11 is 0. The van der Waals surface area contributed by atoms with Crippen molar-refractivity contribution in [1.82, 2.24) is 0 Å². The number of benzene rings is 1. The third-order valence-electron chi connectivity index (χ3n) is 1.70. The molecule has 0 spiro atoms. The van der Waals surface area contributed by atoms with Crippen LogP contribution in [0.3, 0.4) is 0 Å². The van der Waals surface area contributed by atoms with Gasteiger partial charge in [0.15, 0.2) is 5.45 Å². The molecular formula is C7H6NO5PS. The molecule has 1 saturated heterocycles. The Hall–Kier alpha value is -1.01. The Labute approximate surface area is 86.2 Å². The van der Waals surface area contributed by atoms with Crippen LogP contribution in [0, 0.1) is 5.41 Å². The summed E-state index contributed by atoms with van der Waals surface area (Å²) in [6.07, 6.45) is 0. The van der Waals surface area contributed by atoms with Crippen LogP contribution in [-0.4, -0.2) is 13.9 Å². The van der Waals surface area contributed by atoms with Crippen molar-refractivity contribution in [2.45, 2.75) is 0 Å². The van der Waals surface area contributed by atoms with Crippen LogP contribution in [0.4, 0.5) is 0 Å². The van der Waals surface area contributed by atoms with E-state index in [1.807, 2.05) is 0 Å². The average Bonchev–Trinajstić information content (AvgIpc) is 2.15. The van der Waals surface area contributed by atoms with Gasteiger partial charge in [-0.1, -0.05) is 30.3 Å². The van der Waals surface area contributed by atoms with Crippen molar-refractivity contribution in [3.05, 3.63) is 35.9 Å². The van der Waals surface area contributed by atoms with Gasteiger partial charge < -0.3 is 0 Å². The molecule has 0 bridgehead atoms. The Morgan fingerprint density at radius 2 is 1.73 bits per heavy atom. The van der Waals surface area contributed by atoms with Crippen molar-refractivity contribution < 1.29 is 20.9 Å². The highest BCUT2D eigenvalue weighted by Crippen LogP contribution is 2.62. The van der Waals surface area contributed by atoms with E-state index in [1.54, 1.807) is 18.2 Å². The minimum absolute atomic E-state index is 0.302. The lowest BCUT2D eigenvalue weighted by molar-refractivity contribution is 0.297. The molecule has 0 unspecified atom stereocenters. The maximum atomic E-state index is 11.5. The molecule has 1 N–H and O–H groups in total. The van der Waals surface area contributed by atoms with Crippen LogP contribution in [0.5, 0.6) is 0 Å². The van der Waals surface area contributed by atoms with Crippen molar-refractivity contribution >= 4 is 23.4 Å². The lowest BCUT2D eigenvalue weighted by Crippen LogP contribution is -2.24. The molecule has 1 aromatic rings.